The summed E-state index contributed by atoms with van der Waals surface area (Å²) in [5, 5.41) is 9.74. The summed E-state index contributed by atoms with van der Waals surface area (Å²) in [4.78, 5) is 26.1. The molecule has 5 heteroatoms. The number of aliphatic hydroxyl groups is 1. The fraction of sp³-hybridized carbons (Fsp3) is 0.294. The molecule has 0 unspecified atom stereocenters. The molecule has 0 radical (unpaired) electrons. The van der Waals surface area contributed by atoms with Gasteiger partial charge >= 0.3 is 0 Å². The van der Waals surface area contributed by atoms with E-state index < -0.39 is 0 Å². The molecule has 0 saturated heterocycles. The van der Waals surface area contributed by atoms with E-state index in [2.05, 4.69) is 0 Å². The van der Waals surface area contributed by atoms with Crippen LogP contribution in [0.4, 0.5) is 0 Å². The fourth-order valence-corrected chi connectivity index (χ4v) is 2.94. The Kier molecular flexibility index (Phi) is 3.81. The summed E-state index contributed by atoms with van der Waals surface area (Å²) in [6.45, 7) is 0.407. The maximum Gasteiger partial charge on any atom is 0.254 e. The summed E-state index contributed by atoms with van der Waals surface area (Å²) in [5.41, 5.74) is 2.28. The van der Waals surface area contributed by atoms with Crippen LogP contribution < -0.4 is 5.56 Å². The Morgan fingerprint density at radius 2 is 2.09 bits per heavy atom. The quantitative estimate of drug-likeness (QED) is 0.903. The second kappa shape index (κ2) is 5.77. The number of benzene rings is 1. The minimum absolute atomic E-state index is 0.131. The highest BCUT2D eigenvalue weighted by Gasteiger charge is 2.30. The SMILES string of the molecule is Cn1ccc(C(=O)N2CCc3ccccc3[C@H]2CO)cc1=O. The number of fused-ring (bicyclic) bond motifs is 1. The molecule has 1 aromatic heterocycles. The van der Waals surface area contributed by atoms with E-state index in [1.165, 1.54) is 10.6 Å². The Hall–Kier alpha value is -2.40. The van der Waals surface area contributed by atoms with Crippen molar-refractivity contribution < 1.29 is 9.90 Å². The van der Waals surface area contributed by atoms with Crippen LogP contribution in [0.15, 0.2) is 47.4 Å². The molecule has 0 bridgehead atoms. The van der Waals surface area contributed by atoms with Gasteiger partial charge in [-0.1, -0.05) is 24.3 Å². The average Bonchev–Trinajstić information content (AvgIpc) is 2.55. The van der Waals surface area contributed by atoms with Crippen molar-refractivity contribution >= 4 is 5.91 Å². The number of aryl methyl sites for hydroxylation is 1. The molecule has 3 rings (SSSR count). The molecule has 1 atom stereocenters. The molecule has 0 aliphatic carbocycles. The molecule has 0 saturated carbocycles. The van der Waals surface area contributed by atoms with Gasteiger partial charge in [0.15, 0.2) is 0 Å². The summed E-state index contributed by atoms with van der Waals surface area (Å²) < 4.78 is 1.42. The van der Waals surface area contributed by atoms with Crippen LogP contribution in [0.2, 0.25) is 0 Å². The molecular weight excluding hydrogens is 280 g/mol. The van der Waals surface area contributed by atoms with Gasteiger partial charge < -0.3 is 14.6 Å². The van der Waals surface area contributed by atoms with Crippen molar-refractivity contribution in [3.05, 3.63) is 69.6 Å². The zero-order chi connectivity index (χ0) is 15.7. The number of nitrogens with zero attached hydrogens (tertiary/aromatic N) is 2. The topological polar surface area (TPSA) is 62.5 Å². The first kappa shape index (κ1) is 14.5. The van der Waals surface area contributed by atoms with Crippen LogP contribution in [0.25, 0.3) is 0 Å². The van der Waals surface area contributed by atoms with Gasteiger partial charge in [0.1, 0.15) is 0 Å². The number of aliphatic hydroxyl groups excluding tert-OH is 1. The lowest BCUT2D eigenvalue weighted by Crippen LogP contribution is -2.42. The van der Waals surface area contributed by atoms with Crippen LogP contribution in [0.1, 0.15) is 27.5 Å². The van der Waals surface area contributed by atoms with Gasteiger partial charge in [-0.25, -0.2) is 0 Å². The Bertz CT molecular complexity index is 766. The first-order chi connectivity index (χ1) is 10.6. The van der Waals surface area contributed by atoms with Crippen LogP contribution >= 0.6 is 0 Å². The molecule has 2 aromatic rings. The third-order valence-corrected chi connectivity index (χ3v) is 4.20. The standard InChI is InChI=1S/C17H18N2O3/c1-18-8-6-13(10-16(18)21)17(22)19-9-7-12-4-2-3-5-14(12)15(19)11-20/h2-6,8,10,15,20H,7,9,11H2,1H3/t15-/m1/s1. The van der Waals surface area contributed by atoms with E-state index in [1.807, 2.05) is 24.3 Å². The summed E-state index contributed by atoms with van der Waals surface area (Å²) >= 11 is 0. The van der Waals surface area contributed by atoms with Crippen molar-refractivity contribution in [3.63, 3.8) is 0 Å². The molecule has 0 fully saturated rings. The molecule has 22 heavy (non-hydrogen) atoms. The fourth-order valence-electron chi connectivity index (χ4n) is 2.94. The van der Waals surface area contributed by atoms with Crippen molar-refractivity contribution in [1.29, 1.82) is 0 Å². The number of amides is 1. The van der Waals surface area contributed by atoms with Gasteiger partial charge in [-0.3, -0.25) is 9.59 Å². The number of hydrogen-bond donors (Lipinski definition) is 1. The van der Waals surface area contributed by atoms with Gasteiger partial charge in [0.2, 0.25) is 0 Å². The second-order valence-electron chi connectivity index (χ2n) is 5.51. The summed E-state index contributed by atoms with van der Waals surface area (Å²) in [7, 11) is 1.64. The van der Waals surface area contributed by atoms with Crippen LogP contribution in [-0.2, 0) is 13.5 Å². The maximum atomic E-state index is 12.7. The number of hydrogen-bond acceptors (Lipinski definition) is 3. The van der Waals surface area contributed by atoms with E-state index in [0.29, 0.717) is 12.1 Å². The van der Waals surface area contributed by atoms with E-state index >= 15 is 0 Å². The van der Waals surface area contributed by atoms with E-state index in [-0.39, 0.29) is 24.1 Å². The number of pyridine rings is 1. The molecule has 0 spiro atoms. The van der Waals surface area contributed by atoms with E-state index in [9.17, 15) is 14.7 Å². The Labute approximate surface area is 128 Å². The average molecular weight is 298 g/mol. The van der Waals surface area contributed by atoms with Gasteiger partial charge in [-0.2, -0.15) is 0 Å². The van der Waals surface area contributed by atoms with Crippen LogP contribution in [0.5, 0.6) is 0 Å². The van der Waals surface area contributed by atoms with E-state index in [0.717, 1.165) is 17.5 Å². The van der Waals surface area contributed by atoms with Crippen LogP contribution in [0.3, 0.4) is 0 Å². The summed E-state index contributed by atoms with van der Waals surface area (Å²) in [6.07, 6.45) is 2.34. The Morgan fingerprint density at radius 3 is 2.82 bits per heavy atom. The largest absolute Gasteiger partial charge is 0.394 e. The zero-order valence-electron chi connectivity index (χ0n) is 12.4. The highest BCUT2D eigenvalue weighted by atomic mass is 16.3. The Morgan fingerprint density at radius 1 is 1.32 bits per heavy atom. The molecule has 114 valence electrons. The first-order valence-corrected chi connectivity index (χ1v) is 7.28. The third-order valence-electron chi connectivity index (χ3n) is 4.20. The summed E-state index contributed by atoms with van der Waals surface area (Å²) in [5.74, 6) is -0.216. The van der Waals surface area contributed by atoms with Gasteiger partial charge in [-0.05, 0) is 23.6 Å². The Balaban J connectivity index is 1.96. The molecule has 1 aromatic carbocycles. The minimum Gasteiger partial charge on any atom is -0.394 e. The lowest BCUT2D eigenvalue weighted by Gasteiger charge is -2.36. The third kappa shape index (κ3) is 2.44. The normalized spacial score (nSPS) is 17.2. The molecule has 1 aliphatic rings. The van der Waals surface area contributed by atoms with Crippen molar-refractivity contribution in [3.8, 4) is 0 Å². The lowest BCUT2D eigenvalue weighted by atomic mass is 9.92. The van der Waals surface area contributed by atoms with Crippen LogP contribution in [0, 0.1) is 0 Å². The zero-order valence-corrected chi connectivity index (χ0v) is 12.4. The molecule has 5 nitrogen and oxygen atoms in total. The predicted octanol–water partition coefficient (Wildman–Crippen LogP) is 1.12. The van der Waals surface area contributed by atoms with Crippen molar-refractivity contribution in [2.45, 2.75) is 12.5 Å². The smallest absolute Gasteiger partial charge is 0.254 e. The number of carbonyl (C=O) groups is 1. The highest BCUT2D eigenvalue weighted by Crippen LogP contribution is 2.30. The van der Waals surface area contributed by atoms with Crippen LogP contribution in [-0.4, -0.2) is 33.6 Å². The highest BCUT2D eigenvalue weighted by molar-refractivity contribution is 5.94. The predicted molar refractivity (Wildman–Crippen MR) is 82.7 cm³/mol. The van der Waals surface area contributed by atoms with Gasteiger partial charge in [-0.15, -0.1) is 0 Å². The minimum atomic E-state index is -0.360. The van der Waals surface area contributed by atoms with Crippen molar-refractivity contribution in [1.82, 2.24) is 9.47 Å². The lowest BCUT2D eigenvalue weighted by molar-refractivity contribution is 0.0568. The van der Waals surface area contributed by atoms with Gasteiger partial charge in [0.25, 0.3) is 11.5 Å². The van der Waals surface area contributed by atoms with Crippen molar-refractivity contribution in [2.75, 3.05) is 13.2 Å². The van der Waals surface area contributed by atoms with E-state index in [4.69, 9.17) is 0 Å². The second-order valence-corrected chi connectivity index (χ2v) is 5.51. The molecule has 2 heterocycles. The molecular formula is C17H18N2O3. The number of rotatable bonds is 2. The van der Waals surface area contributed by atoms with Crippen molar-refractivity contribution in [2.24, 2.45) is 7.05 Å². The van der Waals surface area contributed by atoms with E-state index in [1.54, 1.807) is 24.2 Å². The van der Waals surface area contributed by atoms with Gasteiger partial charge in [0, 0.05) is 31.4 Å². The van der Waals surface area contributed by atoms with Gasteiger partial charge in [0.05, 0.1) is 12.6 Å². The molecule has 1 N–H and O–H groups in total. The summed E-state index contributed by atoms with van der Waals surface area (Å²) in [6, 6.07) is 10.5. The monoisotopic (exact) mass is 298 g/mol. The number of carbonyl (C=O) groups excluding carboxylic acids is 1. The molecule has 1 amide bonds. The molecule has 1 aliphatic heterocycles. The number of aromatic nitrogens is 1. The maximum absolute atomic E-state index is 12.7. The first-order valence-electron chi connectivity index (χ1n) is 7.28.